The molecule has 1 aromatic heterocycles. The molecule has 1 unspecified atom stereocenters. The summed E-state index contributed by atoms with van der Waals surface area (Å²) in [5, 5.41) is 0. The van der Waals surface area contributed by atoms with E-state index >= 15 is 0 Å². The summed E-state index contributed by atoms with van der Waals surface area (Å²) in [6, 6.07) is 3.80. The van der Waals surface area contributed by atoms with Crippen LogP contribution in [0.4, 0.5) is 0 Å². The first kappa shape index (κ1) is 16.6. The highest BCUT2D eigenvalue weighted by molar-refractivity contribution is 5.80. The van der Waals surface area contributed by atoms with Gasteiger partial charge in [-0.3, -0.25) is 9.78 Å². The minimum Gasteiger partial charge on any atom is -0.492 e. The molecule has 0 N–H and O–H groups in total. The Bertz CT molecular complexity index is 638. The molecule has 134 valence electrons. The van der Waals surface area contributed by atoms with E-state index in [9.17, 15) is 4.79 Å². The van der Waals surface area contributed by atoms with Gasteiger partial charge in [0.25, 0.3) is 0 Å². The maximum atomic E-state index is 12.5. The van der Waals surface area contributed by atoms with Crippen LogP contribution >= 0.6 is 0 Å². The Morgan fingerprint density at radius 3 is 3.08 bits per heavy atom. The molecule has 0 radical (unpaired) electrons. The molecule has 5 heteroatoms. The molecule has 0 bridgehead atoms. The Morgan fingerprint density at radius 1 is 1.40 bits per heavy atom. The Hall–Kier alpha value is -1.88. The van der Waals surface area contributed by atoms with Gasteiger partial charge in [0.15, 0.2) is 0 Å². The molecule has 4 rings (SSSR count). The summed E-state index contributed by atoms with van der Waals surface area (Å²) in [6.45, 7) is 2.80. The maximum absolute atomic E-state index is 12.5. The third-order valence-corrected chi connectivity index (χ3v) is 5.72. The molecule has 1 amide bonds. The first-order valence-corrected chi connectivity index (χ1v) is 9.38. The molecule has 2 saturated heterocycles. The van der Waals surface area contributed by atoms with Gasteiger partial charge in [0.2, 0.25) is 5.91 Å². The van der Waals surface area contributed by atoms with Crippen LogP contribution in [0.15, 0.2) is 36.2 Å². The monoisotopic (exact) mass is 342 g/mol. The molecule has 1 aliphatic carbocycles. The molecule has 1 atom stereocenters. The zero-order chi connectivity index (χ0) is 17.1. The van der Waals surface area contributed by atoms with Crippen LogP contribution in [-0.2, 0) is 9.53 Å². The van der Waals surface area contributed by atoms with Gasteiger partial charge in [-0.05, 0) is 44.2 Å². The molecular weight excluding hydrogens is 316 g/mol. The number of pyridine rings is 1. The molecular formula is C20H26N2O3. The van der Waals surface area contributed by atoms with Gasteiger partial charge in [-0.1, -0.05) is 11.6 Å². The second kappa shape index (κ2) is 7.16. The number of carbonyl (C=O) groups is 1. The van der Waals surface area contributed by atoms with Gasteiger partial charge in [-0.25, -0.2) is 0 Å². The summed E-state index contributed by atoms with van der Waals surface area (Å²) >= 11 is 0. The van der Waals surface area contributed by atoms with Crippen LogP contribution in [-0.4, -0.2) is 47.7 Å². The molecule has 3 aliphatic rings. The summed E-state index contributed by atoms with van der Waals surface area (Å²) in [7, 11) is 0. The molecule has 1 spiro atoms. The van der Waals surface area contributed by atoms with Crippen LogP contribution in [0.2, 0.25) is 0 Å². The van der Waals surface area contributed by atoms with Crippen molar-refractivity contribution in [2.24, 2.45) is 5.92 Å². The van der Waals surface area contributed by atoms with Gasteiger partial charge < -0.3 is 14.4 Å². The topological polar surface area (TPSA) is 51.7 Å². The molecule has 2 fully saturated rings. The van der Waals surface area contributed by atoms with Gasteiger partial charge in [-0.2, -0.15) is 0 Å². The van der Waals surface area contributed by atoms with E-state index in [1.807, 2.05) is 17.0 Å². The highest BCUT2D eigenvalue weighted by Crippen LogP contribution is 2.40. The first-order valence-electron chi connectivity index (χ1n) is 9.38. The fourth-order valence-electron chi connectivity index (χ4n) is 4.15. The Labute approximate surface area is 149 Å². The SMILES string of the molecule is O=C(CC1=CCCCC1)N1CC2(C1)OCCC2COc1cccnc1. The van der Waals surface area contributed by atoms with Crippen LogP contribution in [0.25, 0.3) is 0 Å². The van der Waals surface area contributed by atoms with Crippen LogP contribution in [0.1, 0.15) is 38.5 Å². The zero-order valence-electron chi connectivity index (χ0n) is 14.7. The number of carbonyl (C=O) groups excluding carboxylic acids is 1. The van der Waals surface area contributed by atoms with E-state index in [1.54, 1.807) is 12.4 Å². The lowest BCUT2D eigenvalue weighted by Gasteiger charge is -2.50. The Balaban J connectivity index is 1.29. The van der Waals surface area contributed by atoms with Crippen molar-refractivity contribution in [3.05, 3.63) is 36.2 Å². The van der Waals surface area contributed by atoms with Crippen molar-refractivity contribution in [1.29, 1.82) is 0 Å². The van der Waals surface area contributed by atoms with Crippen molar-refractivity contribution >= 4 is 5.91 Å². The molecule has 25 heavy (non-hydrogen) atoms. The number of hydrogen-bond donors (Lipinski definition) is 0. The maximum Gasteiger partial charge on any atom is 0.226 e. The van der Waals surface area contributed by atoms with E-state index in [4.69, 9.17) is 9.47 Å². The van der Waals surface area contributed by atoms with E-state index in [0.717, 1.165) is 31.6 Å². The van der Waals surface area contributed by atoms with Gasteiger partial charge in [-0.15, -0.1) is 0 Å². The van der Waals surface area contributed by atoms with Crippen molar-refractivity contribution in [3.8, 4) is 5.75 Å². The average Bonchev–Trinajstić information content (AvgIpc) is 3.04. The largest absolute Gasteiger partial charge is 0.492 e. The summed E-state index contributed by atoms with van der Waals surface area (Å²) in [6.07, 6.45) is 12.0. The van der Waals surface area contributed by atoms with Crippen LogP contribution in [0, 0.1) is 5.92 Å². The fraction of sp³-hybridized carbons (Fsp3) is 0.600. The predicted molar refractivity (Wildman–Crippen MR) is 94.3 cm³/mol. The lowest BCUT2D eigenvalue weighted by atomic mass is 9.81. The number of aromatic nitrogens is 1. The third-order valence-electron chi connectivity index (χ3n) is 5.72. The van der Waals surface area contributed by atoms with Gasteiger partial charge in [0, 0.05) is 25.1 Å². The van der Waals surface area contributed by atoms with Crippen LogP contribution in [0.5, 0.6) is 5.75 Å². The van der Waals surface area contributed by atoms with Crippen molar-refractivity contribution in [2.45, 2.75) is 44.1 Å². The average molecular weight is 342 g/mol. The van der Waals surface area contributed by atoms with E-state index in [-0.39, 0.29) is 11.5 Å². The van der Waals surface area contributed by atoms with E-state index in [0.29, 0.717) is 32.0 Å². The minimum absolute atomic E-state index is 0.196. The fourth-order valence-corrected chi connectivity index (χ4v) is 4.15. The molecule has 0 saturated carbocycles. The minimum atomic E-state index is -0.196. The summed E-state index contributed by atoms with van der Waals surface area (Å²) < 4.78 is 11.9. The molecule has 2 aliphatic heterocycles. The molecule has 0 aromatic carbocycles. The van der Waals surface area contributed by atoms with Gasteiger partial charge >= 0.3 is 0 Å². The lowest BCUT2D eigenvalue weighted by molar-refractivity contribution is -0.166. The normalized spacial score (nSPS) is 24.7. The number of rotatable bonds is 5. The number of likely N-dealkylation sites (tertiary alicyclic amines) is 1. The smallest absolute Gasteiger partial charge is 0.226 e. The first-order chi connectivity index (χ1) is 12.3. The number of allylic oxidation sites excluding steroid dienone is 1. The third kappa shape index (κ3) is 3.56. The van der Waals surface area contributed by atoms with Crippen molar-refractivity contribution in [3.63, 3.8) is 0 Å². The van der Waals surface area contributed by atoms with E-state index < -0.39 is 0 Å². The highest BCUT2D eigenvalue weighted by Gasteiger charge is 2.54. The number of hydrogen-bond acceptors (Lipinski definition) is 4. The van der Waals surface area contributed by atoms with Gasteiger partial charge in [0.1, 0.15) is 11.4 Å². The molecule has 1 aromatic rings. The number of amides is 1. The summed E-state index contributed by atoms with van der Waals surface area (Å²) in [5.74, 6) is 1.38. The summed E-state index contributed by atoms with van der Waals surface area (Å²) in [5.41, 5.74) is 1.12. The standard InChI is InChI=1S/C20H26N2O3/c23-19(11-16-5-2-1-3-6-16)22-14-20(15-22)17(8-10-25-20)13-24-18-7-4-9-21-12-18/h4-5,7,9,12,17H,1-3,6,8,10-11,13-15H2. The second-order valence-corrected chi connectivity index (χ2v) is 7.43. The van der Waals surface area contributed by atoms with Crippen molar-refractivity contribution < 1.29 is 14.3 Å². The summed E-state index contributed by atoms with van der Waals surface area (Å²) in [4.78, 5) is 18.5. The Morgan fingerprint density at radius 2 is 2.32 bits per heavy atom. The lowest BCUT2D eigenvalue weighted by Crippen LogP contribution is -2.66. The second-order valence-electron chi connectivity index (χ2n) is 7.43. The highest BCUT2D eigenvalue weighted by atomic mass is 16.5. The van der Waals surface area contributed by atoms with E-state index in [2.05, 4.69) is 11.1 Å². The Kier molecular flexibility index (Phi) is 4.75. The molecule has 5 nitrogen and oxygen atoms in total. The van der Waals surface area contributed by atoms with Crippen LogP contribution < -0.4 is 4.74 Å². The predicted octanol–water partition coefficient (Wildman–Crippen LogP) is 2.97. The van der Waals surface area contributed by atoms with Crippen molar-refractivity contribution in [1.82, 2.24) is 9.88 Å². The van der Waals surface area contributed by atoms with Gasteiger partial charge in [0.05, 0.1) is 25.9 Å². The van der Waals surface area contributed by atoms with E-state index in [1.165, 1.54) is 18.4 Å². The van der Waals surface area contributed by atoms with Crippen LogP contribution in [0.3, 0.4) is 0 Å². The number of ether oxygens (including phenoxy) is 2. The number of nitrogens with zero attached hydrogens (tertiary/aromatic N) is 2. The van der Waals surface area contributed by atoms with Crippen molar-refractivity contribution in [2.75, 3.05) is 26.3 Å². The quantitative estimate of drug-likeness (QED) is 0.772. The zero-order valence-corrected chi connectivity index (χ0v) is 14.7. The molecule has 3 heterocycles.